The number of aryl methyl sites for hydroxylation is 1. The van der Waals surface area contributed by atoms with Crippen molar-refractivity contribution in [2.45, 2.75) is 19.0 Å². The lowest BCUT2D eigenvalue weighted by atomic mass is 10.1. The monoisotopic (exact) mass is 475 g/mol. The van der Waals surface area contributed by atoms with E-state index < -0.39 is 11.7 Å². The number of rotatable bonds is 4. The maximum atomic E-state index is 12.7. The van der Waals surface area contributed by atoms with Crippen LogP contribution in [-0.4, -0.2) is 42.0 Å². The topological polar surface area (TPSA) is 36.4 Å². The first-order valence-electron chi connectivity index (χ1n) is 8.74. The molecule has 3 rings (SSSR count). The molecule has 0 bridgehead atoms. The number of anilines is 1. The van der Waals surface area contributed by atoms with Gasteiger partial charge in [0.1, 0.15) is 5.82 Å². The Morgan fingerprint density at radius 1 is 1.18 bits per heavy atom. The molecule has 1 aliphatic heterocycles. The fourth-order valence-corrected chi connectivity index (χ4v) is 3.82. The zero-order chi connectivity index (χ0) is 20.3. The molecule has 1 amide bonds. The number of aromatic nitrogens is 1. The summed E-state index contributed by atoms with van der Waals surface area (Å²) in [5.41, 5.74) is 0.213. The fourth-order valence-electron chi connectivity index (χ4n) is 3.09. The van der Waals surface area contributed by atoms with E-state index in [-0.39, 0.29) is 10.9 Å². The standard InChI is InChI=1S/C19H18BrClF3N3O/c20-15-3-1-2-13(10-15)4-5-17(28)26-6-8-27(9-7-26)18-16(21)11-14(12-25-18)19(22,23)24/h1-3,10-12H,4-9H2. The summed E-state index contributed by atoms with van der Waals surface area (Å²) in [7, 11) is 0. The highest BCUT2D eigenvalue weighted by Gasteiger charge is 2.32. The maximum Gasteiger partial charge on any atom is 0.417 e. The van der Waals surface area contributed by atoms with Gasteiger partial charge in [-0.25, -0.2) is 4.98 Å². The lowest BCUT2D eigenvalue weighted by molar-refractivity contribution is -0.137. The number of alkyl halides is 3. The number of piperazine rings is 1. The summed E-state index contributed by atoms with van der Waals surface area (Å²) in [4.78, 5) is 19.9. The molecule has 1 fully saturated rings. The third kappa shape index (κ3) is 5.17. The number of pyridine rings is 1. The number of carbonyl (C=O) groups excluding carboxylic acids is 1. The van der Waals surface area contributed by atoms with Gasteiger partial charge in [-0.1, -0.05) is 39.7 Å². The molecule has 2 heterocycles. The quantitative estimate of drug-likeness (QED) is 0.636. The normalized spacial score (nSPS) is 15.0. The van der Waals surface area contributed by atoms with Crippen molar-refractivity contribution >= 4 is 39.3 Å². The van der Waals surface area contributed by atoms with Crippen LogP contribution in [0.15, 0.2) is 41.0 Å². The Balaban J connectivity index is 1.55. The van der Waals surface area contributed by atoms with Crippen LogP contribution in [0.1, 0.15) is 17.5 Å². The van der Waals surface area contributed by atoms with Crippen molar-refractivity contribution in [1.29, 1.82) is 0 Å². The van der Waals surface area contributed by atoms with Crippen LogP contribution in [0, 0.1) is 0 Å². The van der Waals surface area contributed by atoms with Crippen molar-refractivity contribution in [2.75, 3.05) is 31.1 Å². The van der Waals surface area contributed by atoms with E-state index in [2.05, 4.69) is 20.9 Å². The summed E-state index contributed by atoms with van der Waals surface area (Å²) in [5, 5.41) is -0.0377. The van der Waals surface area contributed by atoms with E-state index in [9.17, 15) is 18.0 Å². The van der Waals surface area contributed by atoms with Gasteiger partial charge in [-0.15, -0.1) is 0 Å². The van der Waals surface area contributed by atoms with Crippen LogP contribution in [-0.2, 0) is 17.4 Å². The maximum absolute atomic E-state index is 12.7. The van der Waals surface area contributed by atoms with Gasteiger partial charge < -0.3 is 9.80 Å². The van der Waals surface area contributed by atoms with Crippen molar-refractivity contribution < 1.29 is 18.0 Å². The van der Waals surface area contributed by atoms with E-state index in [0.717, 1.165) is 22.3 Å². The zero-order valence-corrected chi connectivity index (χ0v) is 17.2. The SMILES string of the molecule is O=C(CCc1cccc(Br)c1)N1CCN(c2ncc(C(F)(F)F)cc2Cl)CC1. The molecule has 0 aliphatic carbocycles. The van der Waals surface area contributed by atoms with Crippen molar-refractivity contribution in [3.8, 4) is 0 Å². The van der Waals surface area contributed by atoms with E-state index in [1.165, 1.54) is 0 Å². The van der Waals surface area contributed by atoms with Gasteiger partial charge in [0.25, 0.3) is 0 Å². The van der Waals surface area contributed by atoms with Gasteiger partial charge in [0.15, 0.2) is 0 Å². The van der Waals surface area contributed by atoms with E-state index in [0.29, 0.717) is 44.8 Å². The number of benzene rings is 1. The molecule has 0 N–H and O–H groups in total. The molecule has 28 heavy (non-hydrogen) atoms. The van der Waals surface area contributed by atoms with Gasteiger partial charge >= 0.3 is 6.18 Å². The summed E-state index contributed by atoms with van der Waals surface area (Å²) < 4.78 is 39.2. The molecule has 0 unspecified atom stereocenters. The molecular formula is C19H18BrClF3N3O. The molecule has 9 heteroatoms. The predicted molar refractivity (Wildman–Crippen MR) is 106 cm³/mol. The molecule has 0 radical (unpaired) electrons. The minimum absolute atomic E-state index is 0.0377. The highest BCUT2D eigenvalue weighted by atomic mass is 79.9. The summed E-state index contributed by atoms with van der Waals surface area (Å²) in [6.45, 7) is 1.91. The van der Waals surface area contributed by atoms with E-state index in [4.69, 9.17) is 11.6 Å². The predicted octanol–water partition coefficient (Wildman–Crippen LogP) is 4.80. The van der Waals surface area contributed by atoms with Crippen molar-refractivity contribution in [1.82, 2.24) is 9.88 Å². The average Bonchev–Trinajstić information content (AvgIpc) is 2.65. The number of amides is 1. The second-order valence-electron chi connectivity index (χ2n) is 6.52. The Hall–Kier alpha value is -1.80. The van der Waals surface area contributed by atoms with E-state index in [1.807, 2.05) is 24.3 Å². The number of halogens is 5. The van der Waals surface area contributed by atoms with Crippen LogP contribution in [0.25, 0.3) is 0 Å². The van der Waals surface area contributed by atoms with Crippen LogP contribution in [0.5, 0.6) is 0 Å². The molecule has 0 spiro atoms. The van der Waals surface area contributed by atoms with Crippen LogP contribution in [0.4, 0.5) is 19.0 Å². The molecule has 1 aromatic carbocycles. The Morgan fingerprint density at radius 3 is 2.50 bits per heavy atom. The van der Waals surface area contributed by atoms with Crippen molar-refractivity contribution in [3.63, 3.8) is 0 Å². The molecular weight excluding hydrogens is 459 g/mol. The summed E-state index contributed by atoms with van der Waals surface area (Å²) >= 11 is 9.43. The number of hydrogen-bond acceptors (Lipinski definition) is 3. The molecule has 1 aliphatic rings. The summed E-state index contributed by atoms with van der Waals surface area (Å²) in [6.07, 6.45) is -2.62. The van der Waals surface area contributed by atoms with Crippen LogP contribution in [0.2, 0.25) is 5.02 Å². The number of nitrogens with zero attached hydrogens (tertiary/aromatic N) is 3. The molecule has 4 nitrogen and oxygen atoms in total. The van der Waals surface area contributed by atoms with Gasteiger partial charge in [0.05, 0.1) is 10.6 Å². The molecule has 1 saturated heterocycles. The number of carbonyl (C=O) groups is 1. The van der Waals surface area contributed by atoms with Crippen LogP contribution < -0.4 is 4.90 Å². The largest absolute Gasteiger partial charge is 0.417 e. The lowest BCUT2D eigenvalue weighted by Crippen LogP contribution is -2.49. The molecule has 0 saturated carbocycles. The highest BCUT2D eigenvalue weighted by Crippen LogP contribution is 2.33. The minimum Gasteiger partial charge on any atom is -0.352 e. The van der Waals surface area contributed by atoms with Gasteiger partial charge in [0.2, 0.25) is 5.91 Å². The third-order valence-corrected chi connectivity index (χ3v) is 5.37. The lowest BCUT2D eigenvalue weighted by Gasteiger charge is -2.36. The van der Waals surface area contributed by atoms with Gasteiger partial charge in [-0.2, -0.15) is 13.2 Å². The summed E-state index contributed by atoms with van der Waals surface area (Å²) in [6, 6.07) is 8.73. The molecule has 1 aromatic heterocycles. The Bertz CT molecular complexity index is 855. The van der Waals surface area contributed by atoms with Crippen LogP contribution in [0.3, 0.4) is 0 Å². The van der Waals surface area contributed by atoms with Gasteiger partial charge in [0, 0.05) is 43.3 Å². The molecule has 150 valence electrons. The van der Waals surface area contributed by atoms with Gasteiger partial charge in [-0.05, 0) is 30.2 Å². The fraction of sp³-hybridized carbons (Fsp3) is 0.368. The number of hydrogen-bond donors (Lipinski definition) is 0. The summed E-state index contributed by atoms with van der Waals surface area (Å²) in [5.74, 6) is 0.377. The van der Waals surface area contributed by atoms with Crippen LogP contribution >= 0.6 is 27.5 Å². The third-order valence-electron chi connectivity index (χ3n) is 4.60. The Kier molecular flexibility index (Phi) is 6.50. The van der Waals surface area contributed by atoms with E-state index >= 15 is 0 Å². The Morgan fingerprint density at radius 2 is 1.89 bits per heavy atom. The first kappa shape index (κ1) is 20.9. The molecule has 0 atom stereocenters. The smallest absolute Gasteiger partial charge is 0.352 e. The van der Waals surface area contributed by atoms with Gasteiger partial charge in [-0.3, -0.25) is 4.79 Å². The zero-order valence-electron chi connectivity index (χ0n) is 14.8. The first-order valence-corrected chi connectivity index (χ1v) is 9.91. The second kappa shape index (κ2) is 8.69. The van der Waals surface area contributed by atoms with E-state index in [1.54, 1.807) is 9.80 Å². The van der Waals surface area contributed by atoms with Crippen molar-refractivity contribution in [3.05, 3.63) is 57.2 Å². The average molecular weight is 477 g/mol. The molecule has 2 aromatic rings. The highest BCUT2D eigenvalue weighted by molar-refractivity contribution is 9.10. The minimum atomic E-state index is -4.48. The second-order valence-corrected chi connectivity index (χ2v) is 7.85. The Labute approximate surface area is 174 Å². The van der Waals surface area contributed by atoms with Crippen molar-refractivity contribution in [2.24, 2.45) is 0 Å². The first-order chi connectivity index (χ1) is 13.2.